The van der Waals surface area contributed by atoms with Crippen LogP contribution in [0, 0.1) is 0 Å². The Balaban J connectivity index is 1.82. The number of aliphatic hydroxyl groups is 1. The van der Waals surface area contributed by atoms with E-state index in [1.807, 2.05) is 48.5 Å². The van der Waals surface area contributed by atoms with E-state index < -0.39 is 6.10 Å². The second-order valence-corrected chi connectivity index (χ2v) is 5.68. The number of ether oxygens (including phenoxy) is 2. The summed E-state index contributed by atoms with van der Waals surface area (Å²) >= 11 is 0. The molecule has 0 heterocycles. The van der Waals surface area contributed by atoms with E-state index in [2.05, 4.69) is 18.3 Å². The van der Waals surface area contributed by atoms with E-state index >= 15 is 0 Å². The average molecular weight is 327 g/mol. The topological polar surface area (TPSA) is 50.7 Å². The minimum atomic E-state index is -0.537. The maximum absolute atomic E-state index is 10.2. The molecule has 4 heteroatoms. The van der Waals surface area contributed by atoms with Crippen molar-refractivity contribution in [1.82, 2.24) is 5.32 Å². The van der Waals surface area contributed by atoms with Gasteiger partial charge < -0.3 is 19.9 Å². The number of methoxy groups -OCH3 is 2. The Kier molecular flexibility index (Phi) is 6.85. The third-order valence-corrected chi connectivity index (χ3v) is 3.77. The summed E-state index contributed by atoms with van der Waals surface area (Å²) in [6, 6.07) is 15.4. The van der Waals surface area contributed by atoms with Crippen LogP contribution < -0.4 is 14.8 Å². The van der Waals surface area contributed by atoms with Gasteiger partial charge in [0.1, 0.15) is 11.5 Å². The number of aliphatic hydroxyl groups excluding tert-OH is 1. The minimum Gasteiger partial charge on any atom is -0.497 e. The molecule has 0 aliphatic carbocycles. The molecular weight excluding hydrogens is 302 g/mol. The summed E-state index contributed by atoms with van der Waals surface area (Å²) in [5.41, 5.74) is 3.20. The van der Waals surface area contributed by atoms with Crippen molar-refractivity contribution >= 4 is 6.08 Å². The van der Waals surface area contributed by atoms with Crippen molar-refractivity contribution in [2.45, 2.75) is 13.0 Å². The first-order chi connectivity index (χ1) is 11.6. The second-order valence-electron chi connectivity index (χ2n) is 5.68. The summed E-state index contributed by atoms with van der Waals surface area (Å²) in [4.78, 5) is 0. The SMILES string of the molecule is COc1ccc(/C=C(/C)CNCC(O)c2ccc(OC)cc2)cc1. The molecule has 0 saturated carbocycles. The summed E-state index contributed by atoms with van der Waals surface area (Å²) in [6.07, 6.45) is 1.58. The first kappa shape index (κ1) is 18.0. The zero-order chi connectivity index (χ0) is 17.4. The third-order valence-electron chi connectivity index (χ3n) is 3.77. The van der Waals surface area contributed by atoms with Crippen LogP contribution in [0.5, 0.6) is 11.5 Å². The summed E-state index contributed by atoms with van der Waals surface area (Å²) in [5.74, 6) is 1.64. The molecule has 2 rings (SSSR count). The van der Waals surface area contributed by atoms with E-state index in [4.69, 9.17) is 9.47 Å². The van der Waals surface area contributed by atoms with Crippen molar-refractivity contribution in [2.75, 3.05) is 27.3 Å². The van der Waals surface area contributed by atoms with E-state index in [1.165, 1.54) is 5.57 Å². The van der Waals surface area contributed by atoms with Gasteiger partial charge >= 0.3 is 0 Å². The molecular formula is C20H25NO3. The summed E-state index contributed by atoms with van der Waals surface area (Å²) in [7, 11) is 3.29. The maximum atomic E-state index is 10.2. The normalized spacial score (nSPS) is 12.8. The Bertz CT molecular complexity index is 648. The lowest BCUT2D eigenvalue weighted by Gasteiger charge is -2.13. The van der Waals surface area contributed by atoms with Gasteiger partial charge in [-0.15, -0.1) is 0 Å². The predicted octanol–water partition coefficient (Wildman–Crippen LogP) is 3.43. The third kappa shape index (κ3) is 5.41. The summed E-state index contributed by atoms with van der Waals surface area (Å²) in [6.45, 7) is 3.29. The molecule has 0 aliphatic rings. The van der Waals surface area contributed by atoms with E-state index in [-0.39, 0.29) is 0 Å². The van der Waals surface area contributed by atoms with Crippen LogP contribution in [-0.2, 0) is 0 Å². The van der Waals surface area contributed by atoms with Crippen LogP contribution >= 0.6 is 0 Å². The van der Waals surface area contributed by atoms with Crippen LogP contribution in [0.2, 0.25) is 0 Å². The van der Waals surface area contributed by atoms with Crippen molar-refractivity contribution in [2.24, 2.45) is 0 Å². The van der Waals surface area contributed by atoms with Gasteiger partial charge in [0.05, 0.1) is 20.3 Å². The van der Waals surface area contributed by atoms with Crippen LogP contribution in [-0.4, -0.2) is 32.4 Å². The molecule has 1 unspecified atom stereocenters. The molecule has 0 bridgehead atoms. The summed E-state index contributed by atoms with van der Waals surface area (Å²) < 4.78 is 10.3. The first-order valence-corrected chi connectivity index (χ1v) is 7.96. The van der Waals surface area contributed by atoms with Crippen LogP contribution in [0.15, 0.2) is 54.1 Å². The molecule has 0 aromatic heterocycles. The number of benzene rings is 2. The Labute approximate surface area is 143 Å². The van der Waals surface area contributed by atoms with Crippen molar-refractivity contribution < 1.29 is 14.6 Å². The zero-order valence-corrected chi connectivity index (χ0v) is 14.5. The predicted molar refractivity (Wildman–Crippen MR) is 97.5 cm³/mol. The van der Waals surface area contributed by atoms with Gasteiger partial charge in [-0.1, -0.05) is 35.9 Å². The van der Waals surface area contributed by atoms with Gasteiger partial charge in [0, 0.05) is 13.1 Å². The van der Waals surface area contributed by atoms with Crippen molar-refractivity contribution in [3.05, 3.63) is 65.2 Å². The molecule has 2 N–H and O–H groups in total. The highest BCUT2D eigenvalue weighted by molar-refractivity contribution is 5.53. The Hall–Kier alpha value is -2.30. The molecule has 0 spiro atoms. The summed E-state index contributed by atoms with van der Waals surface area (Å²) in [5, 5.41) is 13.5. The number of rotatable bonds is 8. The van der Waals surface area contributed by atoms with Gasteiger partial charge in [-0.25, -0.2) is 0 Å². The van der Waals surface area contributed by atoms with E-state index in [0.717, 1.165) is 29.2 Å². The van der Waals surface area contributed by atoms with Crippen molar-refractivity contribution in [3.63, 3.8) is 0 Å². The molecule has 2 aromatic rings. The van der Waals surface area contributed by atoms with Crippen LogP contribution in [0.4, 0.5) is 0 Å². The molecule has 0 saturated heterocycles. The maximum Gasteiger partial charge on any atom is 0.118 e. The van der Waals surface area contributed by atoms with E-state index in [1.54, 1.807) is 14.2 Å². The van der Waals surface area contributed by atoms with Gasteiger partial charge in [0.25, 0.3) is 0 Å². The second kappa shape index (κ2) is 9.11. The monoisotopic (exact) mass is 327 g/mol. The lowest BCUT2D eigenvalue weighted by atomic mass is 10.1. The van der Waals surface area contributed by atoms with Gasteiger partial charge in [-0.3, -0.25) is 0 Å². The van der Waals surface area contributed by atoms with Gasteiger partial charge in [-0.05, 0) is 42.3 Å². The van der Waals surface area contributed by atoms with Gasteiger partial charge in [0.2, 0.25) is 0 Å². The fourth-order valence-electron chi connectivity index (χ4n) is 2.39. The molecule has 4 nitrogen and oxygen atoms in total. The van der Waals surface area contributed by atoms with E-state index in [0.29, 0.717) is 6.54 Å². The van der Waals surface area contributed by atoms with Crippen LogP contribution in [0.25, 0.3) is 6.08 Å². The van der Waals surface area contributed by atoms with Crippen molar-refractivity contribution in [3.8, 4) is 11.5 Å². The Morgan fingerprint density at radius 3 is 2.08 bits per heavy atom. The lowest BCUT2D eigenvalue weighted by molar-refractivity contribution is 0.176. The van der Waals surface area contributed by atoms with E-state index in [9.17, 15) is 5.11 Å². The Morgan fingerprint density at radius 1 is 1.00 bits per heavy atom. The zero-order valence-electron chi connectivity index (χ0n) is 14.5. The average Bonchev–Trinajstić information content (AvgIpc) is 2.62. The number of nitrogens with one attached hydrogen (secondary N) is 1. The first-order valence-electron chi connectivity index (χ1n) is 7.96. The molecule has 128 valence electrons. The van der Waals surface area contributed by atoms with Crippen LogP contribution in [0.1, 0.15) is 24.2 Å². The molecule has 0 fully saturated rings. The fourth-order valence-corrected chi connectivity index (χ4v) is 2.39. The largest absolute Gasteiger partial charge is 0.497 e. The minimum absolute atomic E-state index is 0.500. The molecule has 0 amide bonds. The standard InChI is InChI=1S/C20H25NO3/c1-15(12-16-4-8-18(23-2)9-5-16)13-21-14-20(22)17-6-10-19(24-3)11-7-17/h4-12,20-22H,13-14H2,1-3H3/b15-12-. The Morgan fingerprint density at radius 2 is 1.54 bits per heavy atom. The molecule has 0 radical (unpaired) electrons. The number of hydrogen-bond acceptors (Lipinski definition) is 4. The van der Waals surface area contributed by atoms with Gasteiger partial charge in [-0.2, -0.15) is 0 Å². The molecule has 2 aromatic carbocycles. The molecule has 0 aliphatic heterocycles. The highest BCUT2D eigenvalue weighted by Gasteiger charge is 2.07. The van der Waals surface area contributed by atoms with Crippen molar-refractivity contribution in [1.29, 1.82) is 0 Å². The lowest BCUT2D eigenvalue weighted by Crippen LogP contribution is -2.23. The number of hydrogen-bond donors (Lipinski definition) is 2. The highest BCUT2D eigenvalue weighted by Crippen LogP contribution is 2.17. The van der Waals surface area contributed by atoms with Crippen LogP contribution in [0.3, 0.4) is 0 Å². The fraction of sp³-hybridized carbons (Fsp3) is 0.300. The molecule has 1 atom stereocenters. The molecule has 24 heavy (non-hydrogen) atoms. The smallest absolute Gasteiger partial charge is 0.118 e. The van der Waals surface area contributed by atoms with Gasteiger partial charge in [0.15, 0.2) is 0 Å². The highest BCUT2D eigenvalue weighted by atomic mass is 16.5. The quantitative estimate of drug-likeness (QED) is 0.780.